The second-order valence-electron chi connectivity index (χ2n) is 4.76. The summed E-state index contributed by atoms with van der Waals surface area (Å²) in [6.45, 7) is 1.44. The second kappa shape index (κ2) is 6.84. The van der Waals surface area contributed by atoms with Gasteiger partial charge in [0.05, 0.1) is 32.7 Å². The lowest BCUT2D eigenvalue weighted by atomic mass is 10.2. The molecular formula is C14H12Cl2N2O5S. The van der Waals surface area contributed by atoms with Crippen molar-refractivity contribution in [2.24, 2.45) is 0 Å². The molecule has 0 atom stereocenters. The number of ether oxygens (including phenoxy) is 1. The van der Waals surface area contributed by atoms with Gasteiger partial charge in [0, 0.05) is 11.6 Å². The normalized spacial score (nSPS) is 11.2. The van der Waals surface area contributed by atoms with Crippen LogP contribution in [0.3, 0.4) is 0 Å². The first-order chi connectivity index (χ1) is 11.2. The van der Waals surface area contributed by atoms with E-state index in [2.05, 4.69) is 4.72 Å². The number of nitrogens with one attached hydrogen (secondary N) is 1. The summed E-state index contributed by atoms with van der Waals surface area (Å²) in [6, 6.07) is 6.41. The molecule has 2 aromatic carbocycles. The minimum atomic E-state index is -4.08. The quantitative estimate of drug-likeness (QED) is 0.613. The first kappa shape index (κ1) is 18.3. The van der Waals surface area contributed by atoms with Crippen LogP contribution in [-0.2, 0) is 10.0 Å². The summed E-state index contributed by atoms with van der Waals surface area (Å²) in [4.78, 5) is 10.0. The molecule has 0 saturated carbocycles. The second-order valence-corrected chi connectivity index (χ2v) is 7.26. The van der Waals surface area contributed by atoms with Crippen LogP contribution in [0.25, 0.3) is 0 Å². The van der Waals surface area contributed by atoms with Gasteiger partial charge in [0.15, 0.2) is 0 Å². The van der Waals surface area contributed by atoms with Crippen LogP contribution in [0.1, 0.15) is 5.56 Å². The van der Waals surface area contributed by atoms with Crippen molar-refractivity contribution in [3.05, 3.63) is 56.1 Å². The average Bonchev–Trinajstić information content (AvgIpc) is 2.49. The van der Waals surface area contributed by atoms with E-state index in [4.69, 9.17) is 27.9 Å². The standard InChI is InChI=1S/C14H12Cl2N2O5S/c1-8-11(15)6-10(7-13(8)18(19)20)24(21,22)17-9-3-4-14(23-2)12(16)5-9/h3-7,17H,1-2H3. The number of hydrogen-bond acceptors (Lipinski definition) is 5. The Morgan fingerprint density at radius 2 is 1.83 bits per heavy atom. The van der Waals surface area contributed by atoms with Crippen LogP contribution in [0.15, 0.2) is 35.2 Å². The highest BCUT2D eigenvalue weighted by atomic mass is 35.5. The SMILES string of the molecule is COc1ccc(NS(=O)(=O)c2cc(Cl)c(C)c([N+](=O)[O-])c2)cc1Cl. The third kappa shape index (κ3) is 3.72. The molecule has 0 radical (unpaired) electrons. The molecule has 10 heteroatoms. The van der Waals surface area contributed by atoms with Crippen LogP contribution in [0.4, 0.5) is 11.4 Å². The maximum absolute atomic E-state index is 12.4. The first-order valence-electron chi connectivity index (χ1n) is 6.46. The van der Waals surface area contributed by atoms with E-state index >= 15 is 0 Å². The highest BCUT2D eigenvalue weighted by Crippen LogP contribution is 2.32. The molecule has 0 aliphatic carbocycles. The zero-order valence-corrected chi connectivity index (χ0v) is 14.9. The van der Waals surface area contributed by atoms with Gasteiger partial charge < -0.3 is 4.74 Å². The number of nitrogens with zero attached hydrogens (tertiary/aromatic N) is 1. The first-order valence-corrected chi connectivity index (χ1v) is 8.70. The molecule has 0 aromatic heterocycles. The van der Waals surface area contributed by atoms with Crippen molar-refractivity contribution in [2.75, 3.05) is 11.8 Å². The Morgan fingerprint density at radius 3 is 2.38 bits per heavy atom. The molecule has 0 saturated heterocycles. The van der Waals surface area contributed by atoms with Gasteiger partial charge >= 0.3 is 0 Å². The molecule has 0 spiro atoms. The third-order valence-corrected chi connectivity index (χ3v) is 5.25. The third-order valence-electron chi connectivity index (χ3n) is 3.20. The molecule has 0 aliphatic rings. The number of nitro groups is 1. The van der Waals surface area contributed by atoms with Gasteiger partial charge in [-0.05, 0) is 31.2 Å². The number of nitro benzene ring substituents is 1. The molecule has 2 aromatic rings. The molecule has 0 heterocycles. The van der Waals surface area contributed by atoms with Crippen molar-refractivity contribution in [3.63, 3.8) is 0 Å². The number of methoxy groups -OCH3 is 1. The van der Waals surface area contributed by atoms with Gasteiger partial charge in [0.2, 0.25) is 0 Å². The molecule has 2 rings (SSSR count). The zero-order valence-electron chi connectivity index (χ0n) is 12.5. The molecule has 24 heavy (non-hydrogen) atoms. The Hall–Kier alpha value is -2.03. The maximum atomic E-state index is 12.4. The number of sulfonamides is 1. The Bertz CT molecular complexity index is 916. The maximum Gasteiger partial charge on any atom is 0.275 e. The Labute approximate surface area is 148 Å². The van der Waals surface area contributed by atoms with Gasteiger partial charge in [-0.3, -0.25) is 14.8 Å². The summed E-state index contributed by atoms with van der Waals surface area (Å²) in [5.41, 5.74) is -0.0103. The summed E-state index contributed by atoms with van der Waals surface area (Å²) in [7, 11) is -2.65. The van der Waals surface area contributed by atoms with Gasteiger partial charge in [0.1, 0.15) is 5.75 Å². The van der Waals surface area contributed by atoms with Gasteiger partial charge in [-0.25, -0.2) is 8.42 Å². The highest BCUT2D eigenvalue weighted by Gasteiger charge is 2.22. The number of benzene rings is 2. The molecule has 0 amide bonds. The lowest BCUT2D eigenvalue weighted by Gasteiger charge is -2.11. The number of hydrogen-bond donors (Lipinski definition) is 1. The number of rotatable bonds is 5. The molecule has 0 bridgehead atoms. The van der Waals surface area contributed by atoms with Gasteiger partial charge in [0.25, 0.3) is 15.7 Å². The monoisotopic (exact) mass is 390 g/mol. The van der Waals surface area contributed by atoms with Gasteiger partial charge in [-0.2, -0.15) is 0 Å². The summed E-state index contributed by atoms with van der Waals surface area (Å²) in [5.74, 6) is 0.383. The Morgan fingerprint density at radius 1 is 1.17 bits per heavy atom. The largest absolute Gasteiger partial charge is 0.495 e. The van der Waals surface area contributed by atoms with Crippen LogP contribution in [0, 0.1) is 17.0 Å². The molecule has 0 unspecified atom stereocenters. The van der Waals surface area contributed by atoms with Gasteiger partial charge in [-0.1, -0.05) is 23.2 Å². The summed E-state index contributed by atoms with van der Waals surface area (Å²) >= 11 is 11.8. The predicted molar refractivity (Wildman–Crippen MR) is 91.7 cm³/mol. The van der Waals surface area contributed by atoms with Crippen molar-refractivity contribution >= 4 is 44.6 Å². The zero-order chi connectivity index (χ0) is 18.1. The number of halogens is 2. The minimum Gasteiger partial charge on any atom is -0.495 e. The fourth-order valence-corrected chi connectivity index (χ4v) is 3.56. The Kier molecular flexibility index (Phi) is 5.22. The summed E-state index contributed by atoms with van der Waals surface area (Å²) in [5, 5.41) is 11.2. The smallest absolute Gasteiger partial charge is 0.275 e. The fraction of sp³-hybridized carbons (Fsp3) is 0.143. The minimum absolute atomic E-state index is 0.0164. The summed E-state index contributed by atoms with van der Waals surface area (Å²) < 4.78 is 32.2. The van der Waals surface area contributed by atoms with E-state index in [1.54, 1.807) is 0 Å². The van der Waals surface area contributed by atoms with E-state index in [9.17, 15) is 18.5 Å². The van der Waals surface area contributed by atoms with E-state index in [1.807, 2.05) is 0 Å². The van der Waals surface area contributed by atoms with E-state index in [0.29, 0.717) is 5.75 Å². The molecule has 1 N–H and O–H groups in total. The lowest BCUT2D eigenvalue weighted by Crippen LogP contribution is -2.13. The lowest BCUT2D eigenvalue weighted by molar-refractivity contribution is -0.385. The van der Waals surface area contributed by atoms with E-state index in [1.165, 1.54) is 32.2 Å². The van der Waals surface area contributed by atoms with Gasteiger partial charge in [-0.15, -0.1) is 0 Å². The van der Waals surface area contributed by atoms with Crippen molar-refractivity contribution < 1.29 is 18.1 Å². The molecular weight excluding hydrogens is 379 g/mol. The average molecular weight is 391 g/mol. The van der Waals surface area contributed by atoms with Crippen molar-refractivity contribution in [2.45, 2.75) is 11.8 Å². The number of anilines is 1. The predicted octanol–water partition coefficient (Wildman–Crippen LogP) is 4.02. The Balaban J connectivity index is 2.44. The van der Waals surface area contributed by atoms with Crippen molar-refractivity contribution in [3.8, 4) is 5.75 Å². The van der Waals surface area contributed by atoms with E-state index in [0.717, 1.165) is 12.1 Å². The molecule has 0 fully saturated rings. The van der Waals surface area contributed by atoms with Crippen LogP contribution in [0.2, 0.25) is 10.0 Å². The highest BCUT2D eigenvalue weighted by molar-refractivity contribution is 7.92. The molecule has 128 valence electrons. The summed E-state index contributed by atoms with van der Waals surface area (Å²) in [6.07, 6.45) is 0. The topological polar surface area (TPSA) is 98.5 Å². The van der Waals surface area contributed by atoms with Crippen molar-refractivity contribution in [1.29, 1.82) is 0 Å². The van der Waals surface area contributed by atoms with Crippen LogP contribution < -0.4 is 9.46 Å². The van der Waals surface area contributed by atoms with E-state index < -0.39 is 14.9 Å². The van der Waals surface area contributed by atoms with Crippen LogP contribution in [-0.4, -0.2) is 20.5 Å². The van der Waals surface area contributed by atoms with Crippen LogP contribution in [0.5, 0.6) is 5.75 Å². The van der Waals surface area contributed by atoms with E-state index in [-0.39, 0.29) is 31.9 Å². The fourth-order valence-electron chi connectivity index (χ4n) is 1.93. The molecule has 0 aliphatic heterocycles. The molecule has 7 nitrogen and oxygen atoms in total. The van der Waals surface area contributed by atoms with Crippen LogP contribution >= 0.6 is 23.2 Å². The van der Waals surface area contributed by atoms with Crippen molar-refractivity contribution in [1.82, 2.24) is 0 Å².